The maximum atomic E-state index is 6.26. The Hall–Kier alpha value is -6.43. The van der Waals surface area contributed by atoms with Gasteiger partial charge >= 0.3 is 0 Å². The van der Waals surface area contributed by atoms with E-state index in [2.05, 4.69) is 115 Å². The molecule has 5 aliphatic rings. The Bertz CT molecular complexity index is 3390. The molecule has 4 fully saturated rings. The predicted octanol–water partition coefficient (Wildman–Crippen LogP) is 14.5. The molecule has 5 heteroatoms. The Morgan fingerprint density at radius 3 is 1.90 bits per heavy atom. The minimum absolute atomic E-state index is 0.160. The molecular formula is C55H39N3OS. The molecule has 0 amide bonds. The molecule has 15 rings (SSSR count). The molecule has 4 nitrogen and oxygen atoms in total. The van der Waals surface area contributed by atoms with Crippen molar-refractivity contribution in [1.29, 1.82) is 0 Å². The summed E-state index contributed by atoms with van der Waals surface area (Å²) in [5.74, 6) is 5.35. The van der Waals surface area contributed by atoms with Gasteiger partial charge in [-0.1, -0.05) is 115 Å². The normalized spacial score (nSPS) is 22.4. The van der Waals surface area contributed by atoms with E-state index in [4.69, 9.17) is 19.4 Å². The first kappa shape index (κ1) is 33.4. The van der Waals surface area contributed by atoms with Gasteiger partial charge < -0.3 is 4.42 Å². The van der Waals surface area contributed by atoms with E-state index in [1.807, 2.05) is 47.7 Å². The summed E-state index contributed by atoms with van der Waals surface area (Å²) in [7, 11) is 0. The van der Waals surface area contributed by atoms with Gasteiger partial charge in [0.2, 0.25) is 0 Å². The van der Waals surface area contributed by atoms with E-state index >= 15 is 0 Å². The van der Waals surface area contributed by atoms with Gasteiger partial charge in [-0.2, -0.15) is 0 Å². The topological polar surface area (TPSA) is 51.8 Å². The van der Waals surface area contributed by atoms with Crippen molar-refractivity contribution in [1.82, 2.24) is 15.0 Å². The molecule has 10 aromatic rings. The fourth-order valence-electron chi connectivity index (χ4n) is 12.7. The first-order chi connectivity index (χ1) is 29.7. The first-order valence-corrected chi connectivity index (χ1v) is 22.4. The lowest BCUT2D eigenvalue weighted by atomic mass is 9.43. The molecule has 4 saturated carbocycles. The fourth-order valence-corrected chi connectivity index (χ4v) is 13.9. The largest absolute Gasteiger partial charge is 0.456 e. The average Bonchev–Trinajstić information content (AvgIpc) is 3.95. The second-order valence-electron chi connectivity index (χ2n) is 18.0. The highest BCUT2D eigenvalue weighted by Crippen LogP contribution is 2.69. The molecule has 5 aliphatic carbocycles. The maximum Gasteiger partial charge on any atom is 0.164 e. The van der Waals surface area contributed by atoms with Crippen molar-refractivity contribution >= 4 is 53.4 Å². The van der Waals surface area contributed by atoms with E-state index in [0.29, 0.717) is 17.5 Å². The van der Waals surface area contributed by atoms with Crippen molar-refractivity contribution in [2.75, 3.05) is 0 Å². The number of furan rings is 1. The number of thiophene rings is 1. The van der Waals surface area contributed by atoms with Gasteiger partial charge in [-0.05, 0) is 126 Å². The van der Waals surface area contributed by atoms with Crippen molar-refractivity contribution in [3.05, 3.63) is 163 Å². The Labute approximate surface area is 351 Å². The van der Waals surface area contributed by atoms with E-state index in [1.165, 1.54) is 63.4 Å². The van der Waals surface area contributed by atoms with E-state index in [9.17, 15) is 0 Å². The quantitative estimate of drug-likeness (QED) is 0.178. The van der Waals surface area contributed by atoms with Gasteiger partial charge in [-0.25, -0.2) is 15.0 Å². The molecule has 3 heterocycles. The molecule has 4 bridgehead atoms. The SMILES string of the molecule is c1ccc(-c2nc(-c3cccc(-c4cccc5oc6ccccc6c45)c3)nc(-c3ccc4c(c3)sc3cc5c(cc34)C3(c4ccccc4-5)C4CC5CC(C4)CC3C5)n2)cc1. The second kappa shape index (κ2) is 12.3. The van der Waals surface area contributed by atoms with E-state index < -0.39 is 0 Å². The molecule has 0 radical (unpaired) electrons. The minimum Gasteiger partial charge on any atom is -0.456 e. The van der Waals surface area contributed by atoms with Gasteiger partial charge in [-0.3, -0.25) is 0 Å². The minimum atomic E-state index is 0.160. The maximum absolute atomic E-state index is 6.26. The molecule has 0 unspecified atom stereocenters. The summed E-state index contributed by atoms with van der Waals surface area (Å²) in [6, 6.07) is 54.9. The summed E-state index contributed by atoms with van der Waals surface area (Å²) in [4.78, 5) is 15.5. The summed E-state index contributed by atoms with van der Waals surface area (Å²) in [6.45, 7) is 0. The third-order valence-corrected chi connectivity index (χ3v) is 16.0. The van der Waals surface area contributed by atoms with Gasteiger partial charge in [0, 0.05) is 53.1 Å². The van der Waals surface area contributed by atoms with Crippen molar-refractivity contribution < 1.29 is 4.42 Å². The summed E-state index contributed by atoms with van der Waals surface area (Å²) in [5.41, 5.74) is 13.2. The van der Waals surface area contributed by atoms with Gasteiger partial charge in [0.15, 0.2) is 17.5 Å². The van der Waals surface area contributed by atoms with Crippen LogP contribution in [0, 0.1) is 23.7 Å². The zero-order valence-electron chi connectivity index (χ0n) is 32.9. The number of hydrogen-bond acceptors (Lipinski definition) is 5. The van der Waals surface area contributed by atoms with Crippen LogP contribution in [0.3, 0.4) is 0 Å². The lowest BCUT2D eigenvalue weighted by Crippen LogP contribution is -2.55. The number of hydrogen-bond donors (Lipinski definition) is 0. The highest BCUT2D eigenvalue weighted by atomic mass is 32.1. The Morgan fingerprint density at radius 1 is 0.433 bits per heavy atom. The fraction of sp³-hybridized carbons (Fsp3) is 0.182. The van der Waals surface area contributed by atoms with Crippen LogP contribution in [0.25, 0.3) is 98.5 Å². The smallest absolute Gasteiger partial charge is 0.164 e. The van der Waals surface area contributed by atoms with Gasteiger partial charge in [0.25, 0.3) is 0 Å². The number of fused-ring (bicyclic) bond motifs is 9. The third-order valence-electron chi connectivity index (χ3n) is 14.9. The molecule has 7 aromatic carbocycles. The first-order valence-electron chi connectivity index (χ1n) is 21.6. The highest BCUT2D eigenvalue weighted by Gasteiger charge is 2.61. The zero-order chi connectivity index (χ0) is 39.1. The summed E-state index contributed by atoms with van der Waals surface area (Å²) >= 11 is 1.90. The van der Waals surface area contributed by atoms with Crippen LogP contribution < -0.4 is 0 Å². The van der Waals surface area contributed by atoms with Crippen LogP contribution in [0.15, 0.2) is 156 Å². The van der Waals surface area contributed by atoms with Crippen LogP contribution in [0.5, 0.6) is 0 Å². The second-order valence-corrected chi connectivity index (χ2v) is 19.0. The lowest BCUT2D eigenvalue weighted by molar-refractivity contribution is -0.0398. The van der Waals surface area contributed by atoms with Crippen molar-refractivity contribution in [3.63, 3.8) is 0 Å². The Morgan fingerprint density at radius 2 is 1.07 bits per heavy atom. The third kappa shape index (κ3) is 4.64. The molecule has 3 aromatic heterocycles. The standard InChI is InChI=1S/C55H39N3OS/c1-2-10-33(11-3-1)52-56-53(35-13-8-12-34(27-35)39-16-9-19-48-51(39)42-15-5-7-18-47(42)59-48)58-54(57-52)36-20-21-41-44-29-46-43(30-50(44)60-49(41)28-36)40-14-4-6-17-45(40)55(46)37-23-31-22-32(25-37)26-38(55)24-31/h1-21,27-32,37-38H,22-26H2. The monoisotopic (exact) mass is 789 g/mol. The summed E-state index contributed by atoms with van der Waals surface area (Å²) in [6.07, 6.45) is 7.05. The van der Waals surface area contributed by atoms with Gasteiger partial charge in [-0.15, -0.1) is 11.3 Å². The molecule has 0 saturated heterocycles. The molecule has 1 spiro atoms. The molecule has 0 atom stereocenters. The average molecular weight is 790 g/mol. The van der Waals surface area contributed by atoms with E-state index in [1.54, 1.807) is 11.1 Å². The van der Waals surface area contributed by atoms with E-state index in [0.717, 1.165) is 73.4 Å². The molecular weight excluding hydrogens is 751 g/mol. The summed E-state index contributed by atoms with van der Waals surface area (Å²) in [5, 5.41) is 4.94. The number of nitrogens with zero attached hydrogens (tertiary/aromatic N) is 3. The van der Waals surface area contributed by atoms with Crippen molar-refractivity contribution in [2.45, 2.75) is 37.5 Å². The number of benzene rings is 7. The number of aromatic nitrogens is 3. The van der Waals surface area contributed by atoms with Crippen LogP contribution in [0.2, 0.25) is 0 Å². The van der Waals surface area contributed by atoms with Crippen LogP contribution in [0.1, 0.15) is 43.2 Å². The summed E-state index contributed by atoms with van der Waals surface area (Å²) < 4.78 is 8.88. The molecule has 0 N–H and O–H groups in total. The molecule has 286 valence electrons. The number of rotatable bonds is 4. The van der Waals surface area contributed by atoms with Crippen molar-refractivity contribution in [3.8, 4) is 56.4 Å². The zero-order valence-corrected chi connectivity index (χ0v) is 33.8. The predicted molar refractivity (Wildman–Crippen MR) is 245 cm³/mol. The Kier molecular flexibility index (Phi) is 6.85. The Balaban J connectivity index is 0.909. The van der Waals surface area contributed by atoms with Gasteiger partial charge in [0.05, 0.1) is 0 Å². The molecule has 0 aliphatic heterocycles. The van der Waals surface area contributed by atoms with Crippen molar-refractivity contribution in [2.24, 2.45) is 23.7 Å². The van der Waals surface area contributed by atoms with Crippen LogP contribution in [-0.4, -0.2) is 15.0 Å². The van der Waals surface area contributed by atoms with Crippen LogP contribution in [-0.2, 0) is 5.41 Å². The van der Waals surface area contributed by atoms with Crippen LogP contribution in [0.4, 0.5) is 0 Å². The highest BCUT2D eigenvalue weighted by molar-refractivity contribution is 7.25. The van der Waals surface area contributed by atoms with Gasteiger partial charge in [0.1, 0.15) is 11.2 Å². The van der Waals surface area contributed by atoms with E-state index in [-0.39, 0.29) is 5.41 Å². The molecule has 60 heavy (non-hydrogen) atoms. The lowest BCUT2D eigenvalue weighted by Gasteiger charge is -2.61. The number of para-hydroxylation sites is 1. The van der Waals surface area contributed by atoms with Crippen LogP contribution >= 0.6 is 11.3 Å².